The first-order valence-corrected chi connectivity index (χ1v) is 6.76. The van der Waals surface area contributed by atoms with Crippen molar-refractivity contribution in [2.45, 2.75) is 51.4 Å². The summed E-state index contributed by atoms with van der Waals surface area (Å²) in [5.74, 6) is 1.32. The predicted octanol–water partition coefficient (Wildman–Crippen LogP) is 3.21. The number of esters is 1. The maximum Gasteiger partial charge on any atom is 0.317 e. The van der Waals surface area contributed by atoms with Crippen molar-refractivity contribution in [2.75, 3.05) is 5.75 Å². The van der Waals surface area contributed by atoms with Gasteiger partial charge in [0.1, 0.15) is 0 Å². The fourth-order valence-electron chi connectivity index (χ4n) is 2.63. The maximum absolute atomic E-state index is 11.2. The third-order valence-electron chi connectivity index (χ3n) is 3.73. The SMILES string of the molecule is CC(C)(C)C1CCC2(CC1)OC(=O)CS2. The molecule has 3 heteroatoms. The van der Waals surface area contributed by atoms with Crippen LogP contribution in [0.4, 0.5) is 0 Å². The molecule has 0 N–H and O–H groups in total. The van der Waals surface area contributed by atoms with Crippen LogP contribution in [0.2, 0.25) is 0 Å². The molecule has 2 nitrogen and oxygen atoms in total. The van der Waals surface area contributed by atoms with E-state index in [2.05, 4.69) is 20.8 Å². The molecule has 15 heavy (non-hydrogen) atoms. The quantitative estimate of drug-likeness (QED) is 0.596. The van der Waals surface area contributed by atoms with Crippen LogP contribution in [-0.2, 0) is 9.53 Å². The highest BCUT2D eigenvalue weighted by Gasteiger charge is 2.45. The second-order valence-corrected chi connectivity index (χ2v) is 7.14. The molecule has 0 atom stereocenters. The van der Waals surface area contributed by atoms with E-state index in [9.17, 15) is 4.79 Å². The molecule has 2 aliphatic rings. The molecule has 0 radical (unpaired) electrons. The van der Waals surface area contributed by atoms with E-state index in [0.717, 1.165) is 18.8 Å². The first kappa shape index (κ1) is 11.3. The van der Waals surface area contributed by atoms with Crippen LogP contribution >= 0.6 is 11.8 Å². The summed E-state index contributed by atoms with van der Waals surface area (Å²) in [7, 11) is 0. The van der Waals surface area contributed by atoms with Crippen molar-refractivity contribution >= 4 is 17.7 Å². The van der Waals surface area contributed by atoms with Gasteiger partial charge in [0, 0.05) is 0 Å². The van der Waals surface area contributed by atoms with E-state index in [1.807, 2.05) is 0 Å². The number of hydrogen-bond acceptors (Lipinski definition) is 3. The van der Waals surface area contributed by atoms with Crippen LogP contribution in [0.5, 0.6) is 0 Å². The smallest absolute Gasteiger partial charge is 0.317 e. The highest BCUT2D eigenvalue weighted by atomic mass is 32.2. The maximum atomic E-state index is 11.2. The van der Waals surface area contributed by atoms with Crippen molar-refractivity contribution in [2.24, 2.45) is 11.3 Å². The van der Waals surface area contributed by atoms with Crippen molar-refractivity contribution in [1.82, 2.24) is 0 Å². The van der Waals surface area contributed by atoms with E-state index < -0.39 is 0 Å². The number of hydrogen-bond donors (Lipinski definition) is 0. The van der Waals surface area contributed by atoms with Crippen molar-refractivity contribution in [3.8, 4) is 0 Å². The first-order chi connectivity index (χ1) is 6.91. The van der Waals surface area contributed by atoms with Gasteiger partial charge in [0.25, 0.3) is 0 Å². The Balaban J connectivity index is 1.95. The Kier molecular flexibility index (Phi) is 2.78. The fourth-order valence-corrected chi connectivity index (χ4v) is 3.74. The molecular formula is C12H20O2S. The molecule has 1 aliphatic heterocycles. The standard InChI is InChI=1S/C12H20O2S/c1-11(2,3)9-4-6-12(7-5-9)14-10(13)8-15-12/h9H,4-8H2,1-3H3. The summed E-state index contributed by atoms with van der Waals surface area (Å²) in [4.78, 5) is 11.0. The molecule has 2 rings (SSSR count). The van der Waals surface area contributed by atoms with Crippen LogP contribution in [0.3, 0.4) is 0 Å². The second kappa shape index (κ2) is 3.69. The van der Waals surface area contributed by atoms with Crippen molar-refractivity contribution in [1.29, 1.82) is 0 Å². The van der Waals surface area contributed by atoms with E-state index in [1.54, 1.807) is 11.8 Å². The lowest BCUT2D eigenvalue weighted by atomic mass is 9.71. The highest BCUT2D eigenvalue weighted by molar-refractivity contribution is 8.01. The van der Waals surface area contributed by atoms with E-state index in [0.29, 0.717) is 11.2 Å². The summed E-state index contributed by atoms with van der Waals surface area (Å²) in [5, 5.41) is 0. The van der Waals surface area contributed by atoms with Gasteiger partial charge in [-0.2, -0.15) is 0 Å². The normalized spacial score (nSPS) is 37.0. The Hall–Kier alpha value is -0.180. The van der Waals surface area contributed by atoms with E-state index in [1.165, 1.54) is 12.8 Å². The number of ether oxygens (including phenoxy) is 1. The summed E-state index contributed by atoms with van der Waals surface area (Å²) in [6.07, 6.45) is 4.49. The monoisotopic (exact) mass is 228 g/mol. The van der Waals surface area contributed by atoms with Crippen LogP contribution in [0.25, 0.3) is 0 Å². The lowest BCUT2D eigenvalue weighted by Gasteiger charge is -2.40. The van der Waals surface area contributed by atoms with Crippen LogP contribution in [0.1, 0.15) is 46.5 Å². The zero-order valence-corrected chi connectivity index (χ0v) is 10.7. The van der Waals surface area contributed by atoms with Gasteiger partial charge >= 0.3 is 5.97 Å². The van der Waals surface area contributed by atoms with Crippen LogP contribution in [0, 0.1) is 11.3 Å². The van der Waals surface area contributed by atoms with Gasteiger partial charge in [-0.3, -0.25) is 4.79 Å². The lowest BCUT2D eigenvalue weighted by molar-refractivity contribution is -0.148. The highest BCUT2D eigenvalue weighted by Crippen LogP contribution is 2.49. The van der Waals surface area contributed by atoms with E-state index >= 15 is 0 Å². The molecule has 1 saturated carbocycles. The molecule has 1 heterocycles. The van der Waals surface area contributed by atoms with Crippen molar-refractivity contribution in [3.05, 3.63) is 0 Å². The van der Waals surface area contributed by atoms with Gasteiger partial charge in [0.2, 0.25) is 0 Å². The fraction of sp³-hybridized carbons (Fsp3) is 0.917. The average molecular weight is 228 g/mol. The molecule has 2 fully saturated rings. The minimum atomic E-state index is -0.140. The van der Waals surface area contributed by atoms with E-state index in [-0.39, 0.29) is 10.9 Å². The summed E-state index contributed by atoms with van der Waals surface area (Å²) >= 11 is 1.71. The van der Waals surface area contributed by atoms with Gasteiger partial charge < -0.3 is 4.74 Å². The van der Waals surface area contributed by atoms with Crippen molar-refractivity contribution < 1.29 is 9.53 Å². The second-order valence-electron chi connectivity index (χ2n) is 5.81. The van der Waals surface area contributed by atoms with Gasteiger partial charge in [-0.05, 0) is 37.0 Å². The summed E-state index contributed by atoms with van der Waals surface area (Å²) < 4.78 is 5.47. The average Bonchev–Trinajstić information content (AvgIpc) is 2.47. The summed E-state index contributed by atoms with van der Waals surface area (Å²) in [5.41, 5.74) is 0.398. The molecule has 1 aliphatic carbocycles. The molecule has 1 saturated heterocycles. The van der Waals surface area contributed by atoms with Crippen LogP contribution in [-0.4, -0.2) is 16.7 Å². The van der Waals surface area contributed by atoms with Gasteiger partial charge in [-0.25, -0.2) is 0 Å². The Labute approximate surface area is 96.1 Å². The van der Waals surface area contributed by atoms with E-state index in [4.69, 9.17) is 4.74 Å². The Bertz CT molecular complexity index is 259. The topological polar surface area (TPSA) is 26.3 Å². The van der Waals surface area contributed by atoms with Gasteiger partial charge in [-0.1, -0.05) is 20.8 Å². The van der Waals surface area contributed by atoms with Crippen LogP contribution < -0.4 is 0 Å². The molecule has 0 unspecified atom stereocenters. The molecule has 1 spiro atoms. The molecular weight excluding hydrogens is 208 g/mol. The zero-order valence-electron chi connectivity index (χ0n) is 9.84. The molecule has 86 valence electrons. The van der Waals surface area contributed by atoms with Crippen molar-refractivity contribution in [3.63, 3.8) is 0 Å². The van der Waals surface area contributed by atoms with Crippen LogP contribution in [0.15, 0.2) is 0 Å². The Morgan fingerprint density at radius 3 is 2.33 bits per heavy atom. The zero-order chi connectivity index (χ0) is 11.1. The van der Waals surface area contributed by atoms with Gasteiger partial charge in [0.15, 0.2) is 4.93 Å². The molecule has 0 aromatic heterocycles. The third kappa shape index (κ3) is 2.32. The molecule has 0 bridgehead atoms. The number of thioether (sulfide) groups is 1. The molecule has 0 amide bonds. The molecule has 0 aromatic carbocycles. The third-order valence-corrected chi connectivity index (χ3v) is 5.12. The minimum Gasteiger partial charge on any atom is -0.447 e. The minimum absolute atomic E-state index is 0.0193. The Morgan fingerprint density at radius 2 is 1.93 bits per heavy atom. The van der Waals surface area contributed by atoms with Gasteiger partial charge in [0.05, 0.1) is 5.75 Å². The number of carbonyl (C=O) groups is 1. The Morgan fingerprint density at radius 1 is 1.33 bits per heavy atom. The largest absolute Gasteiger partial charge is 0.447 e. The lowest BCUT2D eigenvalue weighted by Crippen LogP contribution is -2.35. The summed E-state index contributed by atoms with van der Waals surface area (Å²) in [6.45, 7) is 6.93. The predicted molar refractivity (Wildman–Crippen MR) is 62.7 cm³/mol. The summed E-state index contributed by atoms with van der Waals surface area (Å²) in [6, 6.07) is 0. The molecule has 0 aromatic rings. The first-order valence-electron chi connectivity index (χ1n) is 5.77. The van der Waals surface area contributed by atoms with Gasteiger partial charge in [-0.15, -0.1) is 11.8 Å². The number of rotatable bonds is 0. The number of carbonyl (C=O) groups excluding carboxylic acids is 1.